The number of ether oxygens (including phenoxy) is 1. The number of pyridine rings is 1. The third-order valence-corrected chi connectivity index (χ3v) is 3.88. The van der Waals surface area contributed by atoms with E-state index in [1.165, 1.54) is 6.33 Å². The van der Waals surface area contributed by atoms with E-state index in [0.717, 1.165) is 16.8 Å². The van der Waals surface area contributed by atoms with Crippen LogP contribution in [0.15, 0.2) is 73.9 Å². The highest BCUT2D eigenvalue weighted by Gasteiger charge is 2.22. The Hall–Kier alpha value is -3.68. The van der Waals surface area contributed by atoms with Crippen LogP contribution in [0.5, 0.6) is 5.88 Å². The van der Waals surface area contributed by atoms with Crippen molar-refractivity contribution >= 4 is 11.4 Å². The predicted octanol–water partition coefficient (Wildman–Crippen LogP) is 2.03. The van der Waals surface area contributed by atoms with Crippen LogP contribution in [0.4, 0.5) is 5.82 Å². The van der Waals surface area contributed by atoms with Gasteiger partial charge in [-0.2, -0.15) is 5.10 Å². The summed E-state index contributed by atoms with van der Waals surface area (Å²) in [4.78, 5) is 12.6. The second-order valence-electron chi connectivity index (χ2n) is 5.54. The van der Waals surface area contributed by atoms with Crippen LogP contribution in [0, 0.1) is 0 Å². The van der Waals surface area contributed by atoms with Gasteiger partial charge in [-0.1, -0.05) is 12.6 Å². The normalized spacial score (nSPS) is 13.5. The van der Waals surface area contributed by atoms with Crippen molar-refractivity contribution in [2.75, 3.05) is 11.6 Å². The molecule has 8 nitrogen and oxygen atoms in total. The van der Waals surface area contributed by atoms with E-state index in [-0.39, 0.29) is 0 Å². The molecule has 26 heavy (non-hydrogen) atoms. The van der Waals surface area contributed by atoms with E-state index in [1.807, 2.05) is 30.6 Å². The Balaban J connectivity index is 1.43. The first-order valence-corrected chi connectivity index (χ1v) is 8.10. The molecule has 0 spiro atoms. The van der Waals surface area contributed by atoms with Crippen molar-refractivity contribution in [3.05, 3.63) is 79.4 Å². The van der Waals surface area contributed by atoms with Crippen LogP contribution in [0.1, 0.15) is 5.56 Å². The number of anilines is 1. The molecule has 8 heteroatoms. The Morgan fingerprint density at radius 1 is 1.19 bits per heavy atom. The van der Waals surface area contributed by atoms with Gasteiger partial charge in [-0.15, -0.1) is 0 Å². The minimum absolute atomic E-state index is 0.464. The molecule has 4 heterocycles. The zero-order chi connectivity index (χ0) is 17.8. The Kier molecular flexibility index (Phi) is 4.29. The monoisotopic (exact) mass is 347 g/mol. The number of hydrazine groups is 1. The highest BCUT2D eigenvalue weighted by Crippen LogP contribution is 2.30. The highest BCUT2D eigenvalue weighted by atomic mass is 16.5. The van der Waals surface area contributed by atoms with Gasteiger partial charge in [-0.3, -0.25) is 15.1 Å². The maximum absolute atomic E-state index is 5.70. The third kappa shape index (κ3) is 3.25. The molecule has 0 aromatic carbocycles. The molecule has 0 radical (unpaired) electrons. The van der Waals surface area contributed by atoms with Gasteiger partial charge in [0.2, 0.25) is 5.88 Å². The molecule has 3 aromatic rings. The molecular formula is C18H17N7O. The molecule has 0 saturated heterocycles. The van der Waals surface area contributed by atoms with Gasteiger partial charge in [0, 0.05) is 48.2 Å². The number of aromatic nitrogens is 5. The minimum atomic E-state index is 0.464. The van der Waals surface area contributed by atoms with Crippen molar-refractivity contribution < 1.29 is 4.74 Å². The first-order chi connectivity index (χ1) is 12.8. The molecule has 0 amide bonds. The summed E-state index contributed by atoms with van der Waals surface area (Å²) in [5, 5.41) is 5.92. The Labute approximate surface area is 150 Å². The molecule has 4 rings (SSSR count). The van der Waals surface area contributed by atoms with Gasteiger partial charge < -0.3 is 4.74 Å². The summed E-state index contributed by atoms with van der Waals surface area (Å²) in [6.45, 7) is 5.26. The van der Waals surface area contributed by atoms with Crippen LogP contribution in [0.2, 0.25) is 0 Å². The van der Waals surface area contributed by atoms with Crippen molar-refractivity contribution in [1.82, 2.24) is 30.2 Å². The van der Waals surface area contributed by atoms with Gasteiger partial charge in [-0.25, -0.2) is 15.0 Å². The lowest BCUT2D eigenvalue weighted by Gasteiger charge is -2.20. The lowest BCUT2D eigenvalue weighted by molar-refractivity contribution is 0.280. The number of hydrogen-bond acceptors (Lipinski definition) is 7. The third-order valence-electron chi connectivity index (χ3n) is 3.88. The average molecular weight is 347 g/mol. The minimum Gasteiger partial charge on any atom is -0.476 e. The molecular weight excluding hydrogens is 330 g/mol. The molecule has 3 aromatic heterocycles. The van der Waals surface area contributed by atoms with Crippen molar-refractivity contribution in [1.29, 1.82) is 0 Å². The molecule has 1 aliphatic heterocycles. The fourth-order valence-electron chi connectivity index (χ4n) is 2.59. The van der Waals surface area contributed by atoms with E-state index >= 15 is 0 Å². The van der Waals surface area contributed by atoms with Gasteiger partial charge in [-0.05, 0) is 12.1 Å². The van der Waals surface area contributed by atoms with Crippen LogP contribution < -0.4 is 15.2 Å². The molecule has 0 aliphatic carbocycles. The number of nitrogens with one attached hydrogen (secondary N) is 1. The number of nitrogens with zero attached hydrogens (tertiary/aromatic N) is 6. The Morgan fingerprint density at radius 2 is 2.15 bits per heavy atom. The standard InChI is InChI=1S/C18H17N7O/c1-14-16(15-4-2-5-19-11-15)12-23-25(14)17-10-18(21-13-20-17)26-9-8-24-7-3-6-22-24/h2-7,10-13,23H,1,8-9H2. The second-order valence-corrected chi connectivity index (χ2v) is 5.54. The molecule has 1 aliphatic rings. The largest absolute Gasteiger partial charge is 0.476 e. The molecule has 1 N–H and O–H groups in total. The average Bonchev–Trinajstić information content (AvgIpc) is 3.32. The maximum atomic E-state index is 5.70. The van der Waals surface area contributed by atoms with Gasteiger partial charge in [0.05, 0.1) is 12.2 Å². The summed E-state index contributed by atoms with van der Waals surface area (Å²) in [7, 11) is 0. The first kappa shape index (κ1) is 15.8. The van der Waals surface area contributed by atoms with Crippen LogP contribution in [0.25, 0.3) is 5.57 Å². The topological polar surface area (TPSA) is 81.0 Å². The molecule has 0 fully saturated rings. The summed E-state index contributed by atoms with van der Waals surface area (Å²) in [6.07, 6.45) is 10.5. The number of rotatable bonds is 6. The first-order valence-electron chi connectivity index (χ1n) is 8.10. The van der Waals surface area contributed by atoms with E-state index in [0.29, 0.717) is 24.8 Å². The fraction of sp³-hybridized carbons (Fsp3) is 0.111. The van der Waals surface area contributed by atoms with Crippen LogP contribution >= 0.6 is 0 Å². The van der Waals surface area contributed by atoms with Crippen LogP contribution in [0.3, 0.4) is 0 Å². The zero-order valence-corrected chi connectivity index (χ0v) is 14.0. The highest BCUT2D eigenvalue weighted by molar-refractivity contribution is 5.84. The lowest BCUT2D eigenvalue weighted by atomic mass is 10.1. The van der Waals surface area contributed by atoms with E-state index < -0.39 is 0 Å². The smallest absolute Gasteiger partial charge is 0.218 e. The van der Waals surface area contributed by atoms with Crippen molar-refractivity contribution in [2.24, 2.45) is 0 Å². The van der Waals surface area contributed by atoms with Gasteiger partial charge in [0.25, 0.3) is 0 Å². The second kappa shape index (κ2) is 7.06. The fourth-order valence-corrected chi connectivity index (χ4v) is 2.59. The quantitative estimate of drug-likeness (QED) is 0.730. The van der Waals surface area contributed by atoms with E-state index in [4.69, 9.17) is 4.74 Å². The van der Waals surface area contributed by atoms with Crippen LogP contribution in [-0.4, -0.2) is 31.3 Å². The van der Waals surface area contributed by atoms with Gasteiger partial charge >= 0.3 is 0 Å². The SMILES string of the molecule is C=C1C(c2cccnc2)=CNN1c1cc(OCCn2cccn2)ncn1. The summed E-state index contributed by atoms with van der Waals surface area (Å²) >= 11 is 0. The molecule has 0 unspecified atom stereocenters. The van der Waals surface area contributed by atoms with Crippen molar-refractivity contribution in [3.63, 3.8) is 0 Å². The van der Waals surface area contributed by atoms with E-state index in [9.17, 15) is 0 Å². The lowest BCUT2D eigenvalue weighted by Crippen LogP contribution is -2.29. The zero-order valence-electron chi connectivity index (χ0n) is 14.0. The Morgan fingerprint density at radius 3 is 2.96 bits per heavy atom. The van der Waals surface area contributed by atoms with Crippen molar-refractivity contribution in [2.45, 2.75) is 6.54 Å². The van der Waals surface area contributed by atoms with Crippen molar-refractivity contribution in [3.8, 4) is 5.88 Å². The predicted molar refractivity (Wildman–Crippen MR) is 96.7 cm³/mol. The molecule has 130 valence electrons. The summed E-state index contributed by atoms with van der Waals surface area (Å²) in [5.74, 6) is 1.14. The molecule has 0 atom stereocenters. The summed E-state index contributed by atoms with van der Waals surface area (Å²) in [5.41, 5.74) is 5.88. The van der Waals surface area contributed by atoms with Gasteiger partial charge in [0.15, 0.2) is 5.82 Å². The molecule has 0 bridgehead atoms. The summed E-state index contributed by atoms with van der Waals surface area (Å²) < 4.78 is 7.50. The van der Waals surface area contributed by atoms with E-state index in [2.05, 4.69) is 32.1 Å². The van der Waals surface area contributed by atoms with Crippen LogP contribution in [-0.2, 0) is 6.54 Å². The summed E-state index contributed by atoms with van der Waals surface area (Å²) in [6, 6.07) is 7.52. The van der Waals surface area contributed by atoms with E-state index in [1.54, 1.807) is 34.3 Å². The van der Waals surface area contributed by atoms with Gasteiger partial charge in [0.1, 0.15) is 12.9 Å². The number of allylic oxidation sites excluding steroid dienone is 1. The Bertz CT molecular complexity index is 922. The number of hydrogen-bond donors (Lipinski definition) is 1. The maximum Gasteiger partial charge on any atom is 0.218 e. The molecule has 0 saturated carbocycles.